The van der Waals surface area contributed by atoms with Crippen LogP contribution in [0, 0.1) is 5.82 Å². The van der Waals surface area contributed by atoms with Crippen molar-refractivity contribution in [3.63, 3.8) is 0 Å². The van der Waals surface area contributed by atoms with Crippen LogP contribution < -0.4 is 10.7 Å². The van der Waals surface area contributed by atoms with E-state index in [-0.39, 0.29) is 5.82 Å². The van der Waals surface area contributed by atoms with Crippen LogP contribution in [0.1, 0.15) is 0 Å². The second-order valence-corrected chi connectivity index (χ2v) is 3.96. The number of morpholine rings is 1. The number of nitrogens with two attached hydrogens (primary N) is 1. The summed E-state index contributed by atoms with van der Waals surface area (Å²) < 4.78 is 20.6. The van der Waals surface area contributed by atoms with E-state index in [1.54, 1.807) is 10.7 Å². The molecule has 0 amide bonds. The van der Waals surface area contributed by atoms with Gasteiger partial charge in [-0.1, -0.05) is 6.07 Å². The van der Waals surface area contributed by atoms with E-state index in [1.807, 2.05) is 11.1 Å². The average Bonchev–Trinajstić information content (AvgIpc) is 2.68. The van der Waals surface area contributed by atoms with Crippen LogP contribution >= 0.6 is 0 Å². The van der Waals surface area contributed by atoms with Crippen molar-refractivity contribution in [3.05, 3.63) is 24.0 Å². The number of imidazole rings is 1. The van der Waals surface area contributed by atoms with Gasteiger partial charge in [0.2, 0.25) is 5.95 Å². The fourth-order valence-corrected chi connectivity index (χ4v) is 2.12. The second kappa shape index (κ2) is 3.89. The molecule has 0 saturated carbocycles. The third-order valence-electron chi connectivity index (χ3n) is 2.91. The van der Waals surface area contributed by atoms with Gasteiger partial charge >= 0.3 is 0 Å². The fourth-order valence-electron chi connectivity index (χ4n) is 2.12. The first kappa shape index (κ1) is 10.3. The number of aromatic nitrogens is 2. The lowest BCUT2D eigenvalue weighted by Crippen LogP contribution is -2.44. The van der Waals surface area contributed by atoms with Crippen molar-refractivity contribution in [2.24, 2.45) is 0 Å². The number of halogens is 1. The zero-order valence-electron chi connectivity index (χ0n) is 9.27. The molecule has 1 aliphatic rings. The summed E-state index contributed by atoms with van der Waals surface area (Å²) in [6.07, 6.45) is 0. The van der Waals surface area contributed by atoms with Crippen molar-refractivity contribution in [2.45, 2.75) is 0 Å². The Morgan fingerprint density at radius 2 is 2.06 bits per heavy atom. The van der Waals surface area contributed by atoms with Crippen molar-refractivity contribution in [1.29, 1.82) is 0 Å². The average molecular weight is 236 g/mol. The normalized spacial score (nSPS) is 16.6. The van der Waals surface area contributed by atoms with Gasteiger partial charge in [-0.05, 0) is 12.1 Å². The molecule has 0 unspecified atom stereocenters. The van der Waals surface area contributed by atoms with Crippen LogP contribution in [0.2, 0.25) is 0 Å². The standard InChI is InChI=1S/C11H13FN4O/c12-8-2-1-3-9-10(8)14-11(13)16(9)15-4-6-17-7-5-15/h1-3H,4-7H2,(H2,13,14). The summed E-state index contributed by atoms with van der Waals surface area (Å²) in [7, 11) is 0. The largest absolute Gasteiger partial charge is 0.378 e. The summed E-state index contributed by atoms with van der Waals surface area (Å²) in [5.74, 6) is -0.0341. The summed E-state index contributed by atoms with van der Waals surface area (Å²) in [4.78, 5) is 4.07. The highest BCUT2D eigenvalue weighted by atomic mass is 19.1. The molecular formula is C11H13FN4O. The van der Waals surface area contributed by atoms with E-state index in [4.69, 9.17) is 10.5 Å². The molecule has 0 atom stereocenters. The maximum atomic E-state index is 13.6. The highest BCUT2D eigenvalue weighted by Gasteiger charge is 2.18. The quantitative estimate of drug-likeness (QED) is 0.793. The highest BCUT2D eigenvalue weighted by Crippen LogP contribution is 2.21. The van der Waals surface area contributed by atoms with E-state index in [1.165, 1.54) is 6.07 Å². The molecule has 2 heterocycles. The Balaban J connectivity index is 2.14. The Labute approximate surface area is 97.6 Å². The van der Waals surface area contributed by atoms with Gasteiger partial charge in [0.1, 0.15) is 5.52 Å². The monoisotopic (exact) mass is 236 g/mol. The van der Waals surface area contributed by atoms with E-state index in [0.717, 1.165) is 13.1 Å². The van der Waals surface area contributed by atoms with E-state index < -0.39 is 0 Å². The number of hydrogen-bond acceptors (Lipinski definition) is 4. The van der Waals surface area contributed by atoms with Crippen molar-refractivity contribution >= 4 is 17.0 Å². The molecular weight excluding hydrogens is 223 g/mol. The maximum absolute atomic E-state index is 13.6. The smallest absolute Gasteiger partial charge is 0.220 e. The van der Waals surface area contributed by atoms with Crippen LogP contribution in [-0.2, 0) is 4.74 Å². The van der Waals surface area contributed by atoms with Crippen LogP contribution in [0.3, 0.4) is 0 Å². The first-order chi connectivity index (χ1) is 8.27. The summed E-state index contributed by atoms with van der Waals surface area (Å²) in [5, 5.41) is 2.02. The van der Waals surface area contributed by atoms with Crippen LogP contribution in [0.5, 0.6) is 0 Å². The zero-order chi connectivity index (χ0) is 11.8. The topological polar surface area (TPSA) is 56.3 Å². The Bertz CT molecular complexity index is 548. The Morgan fingerprint density at radius 3 is 2.82 bits per heavy atom. The Kier molecular flexibility index (Phi) is 2.36. The Hall–Kier alpha value is -1.82. The number of para-hydroxylation sites is 1. The fraction of sp³-hybridized carbons (Fsp3) is 0.364. The third-order valence-corrected chi connectivity index (χ3v) is 2.91. The number of hydrogen-bond donors (Lipinski definition) is 1. The summed E-state index contributed by atoms with van der Waals surface area (Å²) in [6.45, 7) is 2.75. The van der Waals surface area contributed by atoms with E-state index in [0.29, 0.717) is 30.2 Å². The molecule has 0 spiro atoms. The van der Waals surface area contributed by atoms with Gasteiger partial charge in [0, 0.05) is 0 Å². The van der Waals surface area contributed by atoms with Crippen molar-refractivity contribution < 1.29 is 9.13 Å². The molecule has 17 heavy (non-hydrogen) atoms. The minimum Gasteiger partial charge on any atom is -0.378 e. The predicted molar refractivity (Wildman–Crippen MR) is 62.9 cm³/mol. The van der Waals surface area contributed by atoms with Crippen LogP contribution in [0.25, 0.3) is 11.0 Å². The van der Waals surface area contributed by atoms with E-state index in [9.17, 15) is 4.39 Å². The second-order valence-electron chi connectivity index (χ2n) is 3.96. The van der Waals surface area contributed by atoms with Gasteiger partial charge in [-0.2, -0.15) is 0 Å². The molecule has 0 bridgehead atoms. The maximum Gasteiger partial charge on any atom is 0.220 e. The molecule has 0 aliphatic carbocycles. The molecule has 2 N–H and O–H groups in total. The summed E-state index contributed by atoms with van der Waals surface area (Å²) >= 11 is 0. The molecule has 1 aromatic carbocycles. The molecule has 90 valence electrons. The van der Waals surface area contributed by atoms with E-state index in [2.05, 4.69) is 4.98 Å². The molecule has 2 aromatic rings. The first-order valence-electron chi connectivity index (χ1n) is 5.53. The number of anilines is 1. The van der Waals surface area contributed by atoms with Crippen LogP contribution in [-0.4, -0.2) is 36.0 Å². The SMILES string of the molecule is Nc1nc2c(F)cccc2n1N1CCOCC1. The number of ether oxygens (including phenoxy) is 1. The number of fused-ring (bicyclic) bond motifs is 1. The molecule has 1 aliphatic heterocycles. The minimum atomic E-state index is -0.346. The molecule has 1 saturated heterocycles. The van der Waals surface area contributed by atoms with Gasteiger partial charge in [-0.25, -0.2) is 14.1 Å². The number of nitrogens with zero attached hydrogens (tertiary/aromatic N) is 3. The third kappa shape index (κ3) is 1.61. The molecule has 1 fully saturated rings. The minimum absolute atomic E-state index is 0.312. The first-order valence-corrected chi connectivity index (χ1v) is 5.53. The molecule has 6 heteroatoms. The lowest BCUT2D eigenvalue weighted by atomic mass is 10.3. The number of rotatable bonds is 1. The van der Waals surface area contributed by atoms with E-state index >= 15 is 0 Å². The van der Waals surface area contributed by atoms with Crippen molar-refractivity contribution in [2.75, 3.05) is 37.0 Å². The summed E-state index contributed by atoms with van der Waals surface area (Å²) in [5.41, 5.74) is 6.87. The van der Waals surface area contributed by atoms with Gasteiger partial charge in [0.15, 0.2) is 5.82 Å². The molecule has 5 nitrogen and oxygen atoms in total. The van der Waals surface area contributed by atoms with Crippen LogP contribution in [0.15, 0.2) is 18.2 Å². The number of nitrogen functional groups attached to an aromatic ring is 1. The summed E-state index contributed by atoms with van der Waals surface area (Å²) in [6, 6.07) is 4.87. The zero-order valence-corrected chi connectivity index (χ0v) is 9.27. The highest BCUT2D eigenvalue weighted by molar-refractivity contribution is 5.79. The predicted octanol–water partition coefficient (Wildman–Crippen LogP) is 0.726. The lowest BCUT2D eigenvalue weighted by molar-refractivity contribution is 0.112. The van der Waals surface area contributed by atoms with Gasteiger partial charge in [0.25, 0.3) is 0 Å². The Morgan fingerprint density at radius 1 is 1.29 bits per heavy atom. The van der Waals surface area contributed by atoms with Gasteiger partial charge in [0.05, 0.1) is 31.8 Å². The van der Waals surface area contributed by atoms with Crippen molar-refractivity contribution in [1.82, 2.24) is 9.66 Å². The molecule has 3 rings (SSSR count). The van der Waals surface area contributed by atoms with Gasteiger partial charge < -0.3 is 15.5 Å². The van der Waals surface area contributed by atoms with Gasteiger partial charge in [-0.3, -0.25) is 0 Å². The molecule has 1 aromatic heterocycles. The van der Waals surface area contributed by atoms with Crippen molar-refractivity contribution in [3.8, 4) is 0 Å². The molecule has 0 radical (unpaired) electrons. The van der Waals surface area contributed by atoms with Crippen LogP contribution in [0.4, 0.5) is 10.3 Å². The number of benzene rings is 1. The lowest BCUT2D eigenvalue weighted by Gasteiger charge is -2.30. The van der Waals surface area contributed by atoms with Gasteiger partial charge in [-0.15, -0.1) is 0 Å².